The molecule has 0 spiro atoms. The SMILES string of the molecule is O=C1[C@H]2[C@H](C(=O)N1CC(=O)N1CCCCc3ccccc31)[C@H]1C=C[C@H]2C1. The Hall–Kier alpha value is -2.43. The summed E-state index contributed by atoms with van der Waals surface area (Å²) in [6, 6.07) is 7.94. The van der Waals surface area contributed by atoms with Crippen molar-refractivity contribution in [2.24, 2.45) is 23.7 Å². The molecule has 26 heavy (non-hydrogen) atoms. The molecule has 5 rings (SSSR count). The Bertz CT molecular complexity index is 800. The number of carbonyl (C=O) groups excluding carboxylic acids is 3. The van der Waals surface area contributed by atoms with E-state index >= 15 is 0 Å². The molecular weight excluding hydrogens is 328 g/mol. The standard InChI is InChI=1S/C21H22N2O3/c24-17(22-10-4-3-6-13-5-1-2-7-16(13)22)12-23-20(25)18-14-8-9-15(11-14)19(18)21(23)26/h1-2,5,7-9,14-15,18-19H,3-4,6,10-12H2/t14-,15-,18+,19+/m0/s1. The van der Waals surface area contributed by atoms with E-state index in [9.17, 15) is 14.4 Å². The fourth-order valence-corrected chi connectivity index (χ4v) is 5.29. The molecule has 0 N–H and O–H groups in total. The van der Waals surface area contributed by atoms with E-state index in [1.807, 2.05) is 18.2 Å². The molecule has 134 valence electrons. The van der Waals surface area contributed by atoms with E-state index in [0.717, 1.165) is 36.9 Å². The van der Waals surface area contributed by atoms with Gasteiger partial charge in [-0.25, -0.2) is 0 Å². The van der Waals surface area contributed by atoms with Crippen LogP contribution in [0.25, 0.3) is 0 Å². The summed E-state index contributed by atoms with van der Waals surface area (Å²) in [5.74, 6) is -0.549. The number of amides is 3. The molecule has 3 amide bonds. The fourth-order valence-electron chi connectivity index (χ4n) is 5.29. The minimum Gasteiger partial charge on any atom is -0.311 e. The van der Waals surface area contributed by atoms with Crippen LogP contribution in [-0.4, -0.2) is 35.7 Å². The molecule has 2 fully saturated rings. The first kappa shape index (κ1) is 15.8. The zero-order valence-electron chi connectivity index (χ0n) is 14.6. The monoisotopic (exact) mass is 350 g/mol. The van der Waals surface area contributed by atoms with Crippen molar-refractivity contribution in [2.75, 3.05) is 18.0 Å². The predicted molar refractivity (Wildman–Crippen MR) is 96.2 cm³/mol. The van der Waals surface area contributed by atoms with Crippen molar-refractivity contribution >= 4 is 23.4 Å². The van der Waals surface area contributed by atoms with Gasteiger partial charge in [-0.1, -0.05) is 30.4 Å². The highest BCUT2D eigenvalue weighted by atomic mass is 16.2. The molecule has 5 nitrogen and oxygen atoms in total. The molecule has 0 aromatic heterocycles. The van der Waals surface area contributed by atoms with Gasteiger partial charge in [0.15, 0.2) is 0 Å². The molecule has 2 heterocycles. The van der Waals surface area contributed by atoms with Crippen LogP contribution in [-0.2, 0) is 20.8 Å². The number of likely N-dealkylation sites (tertiary alicyclic amines) is 1. The molecular formula is C21H22N2O3. The van der Waals surface area contributed by atoms with Gasteiger partial charge >= 0.3 is 0 Å². The minimum atomic E-state index is -0.235. The minimum absolute atomic E-state index is 0.127. The van der Waals surface area contributed by atoms with Crippen molar-refractivity contribution in [2.45, 2.75) is 25.7 Å². The highest BCUT2D eigenvalue weighted by molar-refractivity contribution is 6.10. The van der Waals surface area contributed by atoms with Crippen LogP contribution >= 0.6 is 0 Å². The van der Waals surface area contributed by atoms with Crippen molar-refractivity contribution in [3.8, 4) is 0 Å². The molecule has 5 heteroatoms. The number of imide groups is 1. The van der Waals surface area contributed by atoms with E-state index in [1.165, 1.54) is 4.90 Å². The Morgan fingerprint density at radius 3 is 2.42 bits per heavy atom. The maximum atomic E-state index is 13.0. The molecule has 0 unspecified atom stereocenters. The summed E-state index contributed by atoms with van der Waals surface area (Å²) in [5, 5.41) is 0. The van der Waals surface area contributed by atoms with Crippen LogP contribution in [0, 0.1) is 23.7 Å². The number of carbonyl (C=O) groups is 3. The first-order valence-electron chi connectivity index (χ1n) is 9.57. The molecule has 0 radical (unpaired) electrons. The molecule has 1 aromatic carbocycles. The van der Waals surface area contributed by atoms with Crippen molar-refractivity contribution in [1.82, 2.24) is 4.90 Å². The zero-order valence-corrected chi connectivity index (χ0v) is 14.6. The lowest BCUT2D eigenvalue weighted by molar-refractivity contribution is -0.143. The lowest BCUT2D eigenvalue weighted by atomic mass is 9.85. The first-order chi connectivity index (χ1) is 12.6. The van der Waals surface area contributed by atoms with Gasteiger partial charge in [0.1, 0.15) is 6.54 Å². The van der Waals surface area contributed by atoms with Crippen molar-refractivity contribution < 1.29 is 14.4 Å². The lowest BCUT2D eigenvalue weighted by Crippen LogP contribution is -2.44. The molecule has 4 atom stereocenters. The number of hydrogen-bond donors (Lipinski definition) is 0. The van der Waals surface area contributed by atoms with E-state index in [2.05, 4.69) is 18.2 Å². The Balaban J connectivity index is 1.38. The molecule has 2 aliphatic carbocycles. The van der Waals surface area contributed by atoms with Gasteiger partial charge in [0, 0.05) is 12.2 Å². The molecule has 1 saturated carbocycles. The molecule has 4 aliphatic rings. The van der Waals surface area contributed by atoms with E-state index in [1.54, 1.807) is 4.90 Å². The van der Waals surface area contributed by atoms with Gasteiger partial charge in [0.05, 0.1) is 11.8 Å². The van der Waals surface area contributed by atoms with Gasteiger partial charge in [-0.2, -0.15) is 0 Å². The Kier molecular flexibility index (Phi) is 3.52. The average Bonchev–Trinajstić information content (AvgIpc) is 3.27. The summed E-state index contributed by atoms with van der Waals surface area (Å²) >= 11 is 0. The largest absolute Gasteiger partial charge is 0.311 e. The highest BCUT2D eigenvalue weighted by Crippen LogP contribution is 2.52. The van der Waals surface area contributed by atoms with Gasteiger partial charge < -0.3 is 4.90 Å². The smallest absolute Gasteiger partial charge is 0.247 e. The molecule has 2 aliphatic heterocycles. The number of hydrogen-bond acceptors (Lipinski definition) is 3. The van der Waals surface area contributed by atoms with Crippen molar-refractivity contribution in [3.05, 3.63) is 42.0 Å². The fraction of sp³-hybridized carbons (Fsp3) is 0.476. The summed E-state index contributed by atoms with van der Waals surface area (Å²) in [7, 11) is 0. The normalized spacial score (nSPS) is 32.0. The highest BCUT2D eigenvalue weighted by Gasteiger charge is 2.59. The molecule has 1 saturated heterocycles. The first-order valence-corrected chi connectivity index (χ1v) is 9.57. The average molecular weight is 350 g/mol. The van der Waals surface area contributed by atoms with Crippen LogP contribution in [0.3, 0.4) is 0 Å². The van der Waals surface area contributed by atoms with Crippen LogP contribution in [0.4, 0.5) is 5.69 Å². The summed E-state index contributed by atoms with van der Waals surface area (Å²) in [6.07, 6.45) is 8.00. The van der Waals surface area contributed by atoms with Crippen molar-refractivity contribution in [1.29, 1.82) is 0 Å². The van der Waals surface area contributed by atoms with Gasteiger partial charge in [-0.3, -0.25) is 19.3 Å². The van der Waals surface area contributed by atoms with Crippen molar-refractivity contribution in [3.63, 3.8) is 0 Å². The van der Waals surface area contributed by atoms with E-state index in [-0.39, 0.29) is 47.9 Å². The number of anilines is 1. The van der Waals surface area contributed by atoms with Gasteiger partial charge in [0.25, 0.3) is 0 Å². The van der Waals surface area contributed by atoms with Crippen LogP contribution in [0.5, 0.6) is 0 Å². The number of benzene rings is 1. The van der Waals surface area contributed by atoms with E-state index < -0.39 is 0 Å². The van der Waals surface area contributed by atoms with Gasteiger partial charge in [0.2, 0.25) is 17.7 Å². The Morgan fingerprint density at radius 2 is 1.69 bits per heavy atom. The second kappa shape index (κ2) is 5.79. The number of nitrogens with zero attached hydrogens (tertiary/aromatic N) is 2. The van der Waals surface area contributed by atoms with Crippen LogP contribution in [0.2, 0.25) is 0 Å². The number of aryl methyl sites for hydroxylation is 1. The second-order valence-electron chi connectivity index (χ2n) is 7.89. The predicted octanol–water partition coefficient (Wildman–Crippen LogP) is 2.16. The third-order valence-corrected chi connectivity index (χ3v) is 6.52. The summed E-state index contributed by atoms with van der Waals surface area (Å²) in [5.41, 5.74) is 2.09. The summed E-state index contributed by atoms with van der Waals surface area (Å²) in [4.78, 5) is 41.7. The summed E-state index contributed by atoms with van der Waals surface area (Å²) in [6.45, 7) is 0.518. The third kappa shape index (κ3) is 2.19. The van der Waals surface area contributed by atoms with Crippen LogP contribution in [0.1, 0.15) is 24.8 Å². The number of fused-ring (bicyclic) bond motifs is 6. The second-order valence-corrected chi connectivity index (χ2v) is 7.89. The molecule has 1 aromatic rings. The topological polar surface area (TPSA) is 57.7 Å². The number of rotatable bonds is 2. The van der Waals surface area contributed by atoms with Crippen LogP contribution < -0.4 is 4.90 Å². The van der Waals surface area contributed by atoms with E-state index in [0.29, 0.717) is 6.54 Å². The third-order valence-electron chi connectivity index (χ3n) is 6.52. The maximum Gasteiger partial charge on any atom is 0.247 e. The van der Waals surface area contributed by atoms with Gasteiger partial charge in [-0.15, -0.1) is 0 Å². The summed E-state index contributed by atoms with van der Waals surface area (Å²) < 4.78 is 0. The lowest BCUT2D eigenvalue weighted by Gasteiger charge is -2.25. The van der Waals surface area contributed by atoms with Crippen LogP contribution in [0.15, 0.2) is 36.4 Å². The maximum absolute atomic E-state index is 13.0. The zero-order chi connectivity index (χ0) is 17.8. The molecule has 2 bridgehead atoms. The quantitative estimate of drug-likeness (QED) is 0.607. The van der Waals surface area contributed by atoms with E-state index in [4.69, 9.17) is 0 Å². The number of para-hydroxylation sites is 1. The van der Waals surface area contributed by atoms with Gasteiger partial charge in [-0.05, 0) is 49.1 Å². The number of allylic oxidation sites excluding steroid dienone is 2. The Labute approximate surface area is 152 Å². The Morgan fingerprint density at radius 1 is 1.00 bits per heavy atom.